The summed E-state index contributed by atoms with van der Waals surface area (Å²) in [4.78, 5) is 25.7. The van der Waals surface area contributed by atoms with Gasteiger partial charge in [0.1, 0.15) is 5.76 Å². The largest absolute Gasteiger partial charge is 0.360 e. The molecular weight excluding hydrogens is 270 g/mol. The van der Waals surface area contributed by atoms with Crippen LogP contribution in [0.25, 0.3) is 0 Å². The average molecular weight is 295 g/mol. The third-order valence-electron chi connectivity index (χ3n) is 3.02. The quantitative estimate of drug-likeness (QED) is 0.800. The summed E-state index contributed by atoms with van der Waals surface area (Å²) >= 11 is 0. The van der Waals surface area contributed by atoms with E-state index < -0.39 is 0 Å². The van der Waals surface area contributed by atoms with Gasteiger partial charge >= 0.3 is 0 Å². The first kappa shape index (κ1) is 17.2. The number of aromatic nitrogens is 1. The minimum absolute atomic E-state index is 0.0182. The van der Waals surface area contributed by atoms with Crippen LogP contribution in [-0.2, 0) is 9.59 Å². The molecule has 1 heterocycles. The van der Waals surface area contributed by atoms with Gasteiger partial charge in [0.2, 0.25) is 11.8 Å². The number of carbonyl (C=O) groups is 2. The highest BCUT2D eigenvalue weighted by Crippen LogP contribution is 2.08. The summed E-state index contributed by atoms with van der Waals surface area (Å²) in [5.41, 5.74) is 0. The van der Waals surface area contributed by atoms with E-state index in [0.717, 1.165) is 12.8 Å². The van der Waals surface area contributed by atoms with Crippen molar-refractivity contribution >= 4 is 17.6 Å². The fraction of sp³-hybridized carbons (Fsp3) is 0.667. The molecule has 0 aromatic carbocycles. The number of nitrogens with zero attached hydrogens (tertiary/aromatic N) is 2. The van der Waals surface area contributed by atoms with E-state index in [4.69, 9.17) is 4.52 Å². The normalized spacial score (nSPS) is 10.7. The van der Waals surface area contributed by atoms with Crippen LogP contribution in [0.15, 0.2) is 10.6 Å². The molecule has 0 saturated heterocycles. The Bertz CT molecular complexity index is 468. The lowest BCUT2D eigenvalue weighted by Crippen LogP contribution is -2.39. The standard InChI is InChI=1S/C15H25N3O3/c1-5-6-15(20)18(8-7-11(2)3)10-14(19)16-13-9-12(4)21-17-13/h9,11H,5-8,10H2,1-4H3,(H,16,17,19). The minimum atomic E-state index is -0.253. The third-order valence-corrected chi connectivity index (χ3v) is 3.02. The first-order valence-electron chi connectivity index (χ1n) is 7.43. The molecule has 0 radical (unpaired) electrons. The van der Waals surface area contributed by atoms with Crippen molar-refractivity contribution in [2.45, 2.75) is 47.0 Å². The zero-order valence-electron chi connectivity index (χ0n) is 13.3. The number of aryl methyl sites for hydroxylation is 1. The molecule has 21 heavy (non-hydrogen) atoms. The summed E-state index contributed by atoms with van der Waals surface area (Å²) in [6, 6.07) is 1.64. The summed E-state index contributed by atoms with van der Waals surface area (Å²) in [6.45, 7) is 8.56. The molecule has 1 aromatic rings. The fourth-order valence-corrected chi connectivity index (χ4v) is 1.86. The molecule has 6 heteroatoms. The lowest BCUT2D eigenvalue weighted by molar-refractivity contribution is -0.134. The molecule has 1 N–H and O–H groups in total. The van der Waals surface area contributed by atoms with Gasteiger partial charge < -0.3 is 14.7 Å². The van der Waals surface area contributed by atoms with E-state index in [9.17, 15) is 9.59 Å². The van der Waals surface area contributed by atoms with Crippen LogP contribution in [0.1, 0.15) is 45.8 Å². The van der Waals surface area contributed by atoms with Gasteiger partial charge in [-0.1, -0.05) is 25.9 Å². The Morgan fingerprint density at radius 3 is 2.67 bits per heavy atom. The highest BCUT2D eigenvalue weighted by molar-refractivity contribution is 5.93. The molecule has 0 saturated carbocycles. The van der Waals surface area contributed by atoms with E-state index in [1.54, 1.807) is 17.9 Å². The fourth-order valence-electron chi connectivity index (χ4n) is 1.86. The summed E-state index contributed by atoms with van der Waals surface area (Å²) in [5, 5.41) is 6.35. The zero-order valence-corrected chi connectivity index (χ0v) is 13.3. The number of hydrogen-bond donors (Lipinski definition) is 1. The smallest absolute Gasteiger partial charge is 0.245 e. The maximum Gasteiger partial charge on any atom is 0.245 e. The van der Waals surface area contributed by atoms with E-state index in [-0.39, 0.29) is 18.4 Å². The van der Waals surface area contributed by atoms with Gasteiger partial charge in [-0.2, -0.15) is 0 Å². The van der Waals surface area contributed by atoms with Gasteiger partial charge in [-0.15, -0.1) is 0 Å². The van der Waals surface area contributed by atoms with Gasteiger partial charge in [0.05, 0.1) is 6.54 Å². The second-order valence-corrected chi connectivity index (χ2v) is 5.62. The minimum Gasteiger partial charge on any atom is -0.360 e. The first-order valence-corrected chi connectivity index (χ1v) is 7.43. The summed E-state index contributed by atoms with van der Waals surface area (Å²) in [7, 11) is 0. The summed E-state index contributed by atoms with van der Waals surface area (Å²) in [5.74, 6) is 1.26. The molecule has 6 nitrogen and oxygen atoms in total. The van der Waals surface area contributed by atoms with Gasteiger partial charge in [-0.25, -0.2) is 0 Å². The van der Waals surface area contributed by atoms with Crippen LogP contribution in [0.4, 0.5) is 5.82 Å². The Morgan fingerprint density at radius 2 is 2.14 bits per heavy atom. The van der Waals surface area contributed by atoms with E-state index in [1.807, 2.05) is 6.92 Å². The SMILES string of the molecule is CCCC(=O)N(CCC(C)C)CC(=O)Nc1cc(C)on1. The van der Waals surface area contributed by atoms with Crippen LogP contribution >= 0.6 is 0 Å². The molecule has 0 aliphatic heterocycles. The van der Waals surface area contributed by atoms with Crippen LogP contribution in [0.2, 0.25) is 0 Å². The van der Waals surface area contributed by atoms with Gasteiger partial charge in [0.15, 0.2) is 5.82 Å². The number of anilines is 1. The Morgan fingerprint density at radius 1 is 1.43 bits per heavy atom. The van der Waals surface area contributed by atoms with E-state index in [0.29, 0.717) is 30.5 Å². The molecule has 2 amide bonds. The van der Waals surface area contributed by atoms with Crippen LogP contribution in [-0.4, -0.2) is 35.0 Å². The van der Waals surface area contributed by atoms with Crippen molar-refractivity contribution in [3.63, 3.8) is 0 Å². The number of nitrogens with one attached hydrogen (secondary N) is 1. The number of carbonyl (C=O) groups excluding carboxylic acids is 2. The van der Waals surface area contributed by atoms with Crippen LogP contribution in [0.5, 0.6) is 0 Å². The molecule has 1 rings (SSSR count). The van der Waals surface area contributed by atoms with Gasteiger partial charge in [-0.05, 0) is 25.7 Å². The van der Waals surface area contributed by atoms with Crippen molar-refractivity contribution in [3.05, 3.63) is 11.8 Å². The van der Waals surface area contributed by atoms with Gasteiger partial charge in [-0.3, -0.25) is 9.59 Å². The van der Waals surface area contributed by atoms with Crippen molar-refractivity contribution < 1.29 is 14.1 Å². The van der Waals surface area contributed by atoms with Crippen molar-refractivity contribution in [1.29, 1.82) is 0 Å². The molecule has 0 fully saturated rings. The monoisotopic (exact) mass is 295 g/mol. The molecule has 0 spiro atoms. The molecule has 0 atom stereocenters. The van der Waals surface area contributed by atoms with E-state index in [1.165, 1.54) is 0 Å². The Hall–Kier alpha value is -1.85. The molecule has 0 unspecified atom stereocenters. The zero-order chi connectivity index (χ0) is 15.8. The Balaban J connectivity index is 2.57. The second-order valence-electron chi connectivity index (χ2n) is 5.62. The Kier molecular flexibility index (Phi) is 6.91. The molecular formula is C15H25N3O3. The molecule has 0 bridgehead atoms. The Labute approximate surface area is 125 Å². The molecule has 0 aliphatic rings. The van der Waals surface area contributed by atoms with E-state index in [2.05, 4.69) is 24.3 Å². The van der Waals surface area contributed by atoms with Crippen molar-refractivity contribution in [2.75, 3.05) is 18.4 Å². The van der Waals surface area contributed by atoms with Gasteiger partial charge in [0, 0.05) is 19.0 Å². The first-order chi connectivity index (χ1) is 9.92. The predicted octanol–water partition coefficient (Wildman–Crippen LogP) is 2.60. The van der Waals surface area contributed by atoms with Crippen molar-refractivity contribution in [2.24, 2.45) is 5.92 Å². The average Bonchev–Trinajstić information content (AvgIpc) is 2.79. The third kappa shape index (κ3) is 6.42. The molecule has 0 aliphatic carbocycles. The maximum atomic E-state index is 12.1. The number of hydrogen-bond acceptors (Lipinski definition) is 4. The lowest BCUT2D eigenvalue weighted by Gasteiger charge is -2.22. The van der Waals surface area contributed by atoms with Crippen molar-refractivity contribution in [1.82, 2.24) is 10.1 Å². The highest BCUT2D eigenvalue weighted by atomic mass is 16.5. The van der Waals surface area contributed by atoms with Crippen LogP contribution < -0.4 is 5.32 Å². The number of rotatable bonds is 8. The lowest BCUT2D eigenvalue weighted by atomic mass is 10.1. The topological polar surface area (TPSA) is 75.4 Å². The van der Waals surface area contributed by atoms with Crippen LogP contribution in [0.3, 0.4) is 0 Å². The summed E-state index contributed by atoms with van der Waals surface area (Å²) in [6.07, 6.45) is 2.13. The number of amides is 2. The molecule has 1 aromatic heterocycles. The van der Waals surface area contributed by atoms with E-state index >= 15 is 0 Å². The van der Waals surface area contributed by atoms with Gasteiger partial charge in [0.25, 0.3) is 0 Å². The summed E-state index contributed by atoms with van der Waals surface area (Å²) < 4.78 is 4.89. The maximum absolute atomic E-state index is 12.1. The van der Waals surface area contributed by atoms with Crippen LogP contribution in [0, 0.1) is 12.8 Å². The van der Waals surface area contributed by atoms with Crippen molar-refractivity contribution in [3.8, 4) is 0 Å². The predicted molar refractivity (Wildman–Crippen MR) is 80.8 cm³/mol. The second kappa shape index (κ2) is 8.44. The highest BCUT2D eigenvalue weighted by Gasteiger charge is 2.17. The molecule has 118 valence electrons.